The van der Waals surface area contributed by atoms with Crippen molar-refractivity contribution in [2.45, 2.75) is 45.6 Å². The number of carbonyl (C=O) groups is 1. The monoisotopic (exact) mass is 341 g/mol. The smallest absolute Gasteiger partial charge is 0.274 e. The SMILES string of the molecule is Cc1cc([C@H]2CN(C(=O)c3n[nH]c4c3CCCC4)CCO2)nc(C)n1. The van der Waals surface area contributed by atoms with E-state index < -0.39 is 0 Å². The number of ether oxygens (including phenoxy) is 1. The highest BCUT2D eigenvalue weighted by Crippen LogP contribution is 2.26. The molecule has 25 heavy (non-hydrogen) atoms. The first-order chi connectivity index (χ1) is 12.1. The van der Waals surface area contributed by atoms with Crippen molar-refractivity contribution in [3.05, 3.63) is 40.2 Å². The van der Waals surface area contributed by atoms with Crippen LogP contribution in [-0.2, 0) is 17.6 Å². The molecule has 7 nitrogen and oxygen atoms in total. The standard InChI is InChI=1S/C18H23N5O2/c1-11-9-15(20-12(2)19-11)16-10-23(7-8-25-16)18(24)17-13-5-3-4-6-14(13)21-22-17/h9,16H,3-8,10H2,1-2H3,(H,21,22)/t16-/m1/s1. The first kappa shape index (κ1) is 16.2. The number of hydrogen-bond acceptors (Lipinski definition) is 5. The van der Waals surface area contributed by atoms with Gasteiger partial charge in [-0.3, -0.25) is 9.89 Å². The zero-order valence-electron chi connectivity index (χ0n) is 14.7. The molecule has 1 fully saturated rings. The van der Waals surface area contributed by atoms with Gasteiger partial charge in [-0.15, -0.1) is 0 Å². The number of carbonyl (C=O) groups excluding carboxylic acids is 1. The van der Waals surface area contributed by atoms with E-state index in [-0.39, 0.29) is 12.0 Å². The van der Waals surface area contributed by atoms with Crippen LogP contribution >= 0.6 is 0 Å². The Morgan fingerprint density at radius 3 is 2.96 bits per heavy atom. The Morgan fingerprint density at radius 1 is 1.28 bits per heavy atom. The summed E-state index contributed by atoms with van der Waals surface area (Å²) >= 11 is 0. The van der Waals surface area contributed by atoms with Crippen molar-refractivity contribution in [3.63, 3.8) is 0 Å². The van der Waals surface area contributed by atoms with Gasteiger partial charge in [0.15, 0.2) is 5.69 Å². The topological polar surface area (TPSA) is 84.0 Å². The molecule has 1 aliphatic carbocycles. The molecule has 7 heteroatoms. The number of amides is 1. The minimum Gasteiger partial charge on any atom is -0.368 e. The van der Waals surface area contributed by atoms with Crippen molar-refractivity contribution in [1.29, 1.82) is 0 Å². The van der Waals surface area contributed by atoms with E-state index in [0.29, 0.717) is 25.4 Å². The molecule has 0 bridgehead atoms. The van der Waals surface area contributed by atoms with Gasteiger partial charge < -0.3 is 9.64 Å². The molecule has 2 aliphatic rings. The van der Waals surface area contributed by atoms with Gasteiger partial charge in [-0.2, -0.15) is 5.10 Å². The van der Waals surface area contributed by atoms with Gasteiger partial charge in [0.25, 0.3) is 5.91 Å². The van der Waals surface area contributed by atoms with Crippen LogP contribution in [0.1, 0.15) is 57.9 Å². The Kier molecular flexibility index (Phi) is 4.25. The summed E-state index contributed by atoms with van der Waals surface area (Å²) in [5, 5.41) is 7.37. The first-order valence-electron chi connectivity index (χ1n) is 8.91. The molecule has 4 rings (SSSR count). The van der Waals surface area contributed by atoms with Gasteiger partial charge in [0.05, 0.1) is 18.8 Å². The second-order valence-electron chi connectivity index (χ2n) is 6.83. The van der Waals surface area contributed by atoms with E-state index >= 15 is 0 Å². The quantitative estimate of drug-likeness (QED) is 0.902. The van der Waals surface area contributed by atoms with Crippen LogP contribution in [0.15, 0.2) is 6.07 Å². The molecule has 0 unspecified atom stereocenters. The third kappa shape index (κ3) is 3.16. The highest BCUT2D eigenvalue weighted by atomic mass is 16.5. The van der Waals surface area contributed by atoms with Gasteiger partial charge in [-0.05, 0) is 45.6 Å². The minimum absolute atomic E-state index is 0.00444. The molecular formula is C18H23N5O2. The Bertz CT molecular complexity index is 781. The van der Waals surface area contributed by atoms with E-state index in [9.17, 15) is 4.79 Å². The molecular weight excluding hydrogens is 318 g/mol. The molecule has 132 valence electrons. The van der Waals surface area contributed by atoms with Crippen LogP contribution in [0.4, 0.5) is 0 Å². The number of morpholine rings is 1. The van der Waals surface area contributed by atoms with Gasteiger partial charge in [0.1, 0.15) is 11.9 Å². The average Bonchev–Trinajstić information content (AvgIpc) is 3.04. The molecule has 1 aliphatic heterocycles. The number of nitrogens with zero attached hydrogens (tertiary/aromatic N) is 4. The maximum atomic E-state index is 13.0. The molecule has 0 radical (unpaired) electrons. The maximum absolute atomic E-state index is 13.0. The molecule has 0 saturated carbocycles. The molecule has 0 aromatic carbocycles. The average molecular weight is 341 g/mol. The molecule has 2 aromatic heterocycles. The number of aromatic nitrogens is 4. The van der Waals surface area contributed by atoms with Gasteiger partial charge >= 0.3 is 0 Å². The van der Waals surface area contributed by atoms with E-state index in [2.05, 4.69) is 20.2 Å². The summed E-state index contributed by atoms with van der Waals surface area (Å²) in [6.07, 6.45) is 3.99. The van der Waals surface area contributed by atoms with Crippen molar-refractivity contribution in [1.82, 2.24) is 25.1 Å². The molecule has 1 amide bonds. The molecule has 0 spiro atoms. The Labute approximate surface area is 146 Å². The van der Waals surface area contributed by atoms with E-state index in [0.717, 1.165) is 54.2 Å². The van der Waals surface area contributed by atoms with E-state index in [1.54, 1.807) is 0 Å². The lowest BCUT2D eigenvalue weighted by Crippen LogP contribution is -2.43. The number of hydrogen-bond donors (Lipinski definition) is 1. The predicted octanol–water partition coefficient (Wildman–Crippen LogP) is 1.91. The predicted molar refractivity (Wildman–Crippen MR) is 91.3 cm³/mol. The van der Waals surface area contributed by atoms with Crippen LogP contribution < -0.4 is 0 Å². The van der Waals surface area contributed by atoms with Crippen molar-refractivity contribution in [2.75, 3.05) is 19.7 Å². The van der Waals surface area contributed by atoms with Gasteiger partial charge in [-0.25, -0.2) is 9.97 Å². The van der Waals surface area contributed by atoms with E-state index in [1.807, 2.05) is 24.8 Å². The fourth-order valence-electron chi connectivity index (χ4n) is 3.73. The second-order valence-corrected chi connectivity index (χ2v) is 6.83. The molecule has 2 aromatic rings. The number of fused-ring (bicyclic) bond motifs is 1. The largest absolute Gasteiger partial charge is 0.368 e. The summed E-state index contributed by atoms with van der Waals surface area (Å²) in [4.78, 5) is 23.6. The number of nitrogens with one attached hydrogen (secondary N) is 1. The van der Waals surface area contributed by atoms with Gasteiger partial charge in [0, 0.05) is 23.5 Å². The van der Waals surface area contributed by atoms with E-state index in [4.69, 9.17) is 4.74 Å². The summed E-state index contributed by atoms with van der Waals surface area (Å²) in [7, 11) is 0. The first-order valence-corrected chi connectivity index (χ1v) is 8.91. The summed E-state index contributed by atoms with van der Waals surface area (Å²) in [5.41, 5.74) is 4.57. The van der Waals surface area contributed by atoms with Crippen LogP contribution in [0, 0.1) is 13.8 Å². The lowest BCUT2D eigenvalue weighted by Gasteiger charge is -2.32. The van der Waals surface area contributed by atoms with Crippen molar-refractivity contribution >= 4 is 5.91 Å². The van der Waals surface area contributed by atoms with Crippen LogP contribution in [-0.4, -0.2) is 50.7 Å². The highest BCUT2D eigenvalue weighted by Gasteiger charge is 2.31. The van der Waals surface area contributed by atoms with Crippen molar-refractivity contribution in [2.24, 2.45) is 0 Å². The Hall–Kier alpha value is -2.28. The van der Waals surface area contributed by atoms with Crippen LogP contribution in [0.5, 0.6) is 0 Å². The van der Waals surface area contributed by atoms with Gasteiger partial charge in [0.2, 0.25) is 0 Å². The maximum Gasteiger partial charge on any atom is 0.274 e. The summed E-state index contributed by atoms with van der Waals surface area (Å²) in [5.74, 6) is 0.721. The summed E-state index contributed by atoms with van der Waals surface area (Å²) < 4.78 is 5.87. The molecule has 1 saturated heterocycles. The van der Waals surface area contributed by atoms with Crippen LogP contribution in [0.25, 0.3) is 0 Å². The fraction of sp³-hybridized carbons (Fsp3) is 0.556. The number of aryl methyl sites for hydroxylation is 3. The number of aromatic amines is 1. The Balaban J connectivity index is 1.55. The molecule has 1 atom stereocenters. The van der Waals surface area contributed by atoms with Crippen molar-refractivity contribution in [3.8, 4) is 0 Å². The fourth-order valence-corrected chi connectivity index (χ4v) is 3.73. The van der Waals surface area contributed by atoms with Gasteiger partial charge in [-0.1, -0.05) is 0 Å². The normalized spacial score (nSPS) is 20.4. The zero-order chi connectivity index (χ0) is 17.4. The molecule has 1 N–H and O–H groups in total. The third-order valence-electron chi connectivity index (χ3n) is 4.93. The van der Waals surface area contributed by atoms with Crippen molar-refractivity contribution < 1.29 is 9.53 Å². The molecule has 3 heterocycles. The zero-order valence-corrected chi connectivity index (χ0v) is 14.7. The summed E-state index contributed by atoms with van der Waals surface area (Å²) in [6, 6.07) is 1.93. The minimum atomic E-state index is -0.215. The lowest BCUT2D eigenvalue weighted by molar-refractivity contribution is -0.0251. The third-order valence-corrected chi connectivity index (χ3v) is 4.93. The number of H-pyrrole nitrogens is 1. The van der Waals surface area contributed by atoms with E-state index in [1.165, 1.54) is 0 Å². The highest BCUT2D eigenvalue weighted by molar-refractivity contribution is 5.94. The van der Waals surface area contributed by atoms with Crippen LogP contribution in [0.2, 0.25) is 0 Å². The van der Waals surface area contributed by atoms with Crippen LogP contribution in [0.3, 0.4) is 0 Å². The Morgan fingerprint density at radius 2 is 2.12 bits per heavy atom. The number of rotatable bonds is 2. The summed E-state index contributed by atoms with van der Waals surface area (Å²) in [6.45, 7) is 5.40. The lowest BCUT2D eigenvalue weighted by atomic mass is 9.95. The second kappa shape index (κ2) is 6.55.